The van der Waals surface area contributed by atoms with Crippen LogP contribution in [0.4, 0.5) is 0 Å². The van der Waals surface area contributed by atoms with Gasteiger partial charge in [-0.3, -0.25) is 9.48 Å². The molecule has 0 aliphatic rings. The van der Waals surface area contributed by atoms with Crippen LogP contribution < -0.4 is 5.32 Å². The van der Waals surface area contributed by atoms with Crippen LogP contribution >= 0.6 is 0 Å². The molecule has 0 saturated heterocycles. The van der Waals surface area contributed by atoms with Gasteiger partial charge in [-0.25, -0.2) is 4.98 Å². The molecule has 0 fully saturated rings. The monoisotopic (exact) mass is 210 g/mol. The van der Waals surface area contributed by atoms with Gasteiger partial charge in [0.05, 0.1) is 6.54 Å². The van der Waals surface area contributed by atoms with Crippen LogP contribution in [-0.4, -0.2) is 26.5 Å². The van der Waals surface area contributed by atoms with Gasteiger partial charge in [-0.1, -0.05) is 0 Å². The van der Waals surface area contributed by atoms with Gasteiger partial charge in [-0.05, 0) is 6.92 Å². The summed E-state index contributed by atoms with van der Waals surface area (Å²) in [4.78, 5) is 25.8. The number of Topliss-reactive ketones (excluding diaryl/α,β-unsaturated/α-hetero) is 1. The van der Waals surface area contributed by atoms with Crippen molar-refractivity contribution >= 4 is 11.7 Å². The number of amides is 1. The molecule has 1 aromatic heterocycles. The average molecular weight is 210 g/mol. The lowest BCUT2D eigenvalue weighted by molar-refractivity contribution is -0.124. The Bertz CT molecular complexity index is 359. The summed E-state index contributed by atoms with van der Waals surface area (Å²) in [7, 11) is 1.76. The summed E-state index contributed by atoms with van der Waals surface area (Å²) in [6.45, 7) is 1.77. The molecule has 0 aliphatic carbocycles. The third-order valence-electron chi connectivity index (χ3n) is 1.79. The maximum atomic E-state index is 11.2. The molecular formula is C9H14N4O2. The lowest BCUT2D eigenvalue weighted by Crippen LogP contribution is -2.23. The van der Waals surface area contributed by atoms with Crippen LogP contribution in [0.5, 0.6) is 0 Å². The number of hydrogen-bond acceptors (Lipinski definition) is 4. The van der Waals surface area contributed by atoms with Crippen molar-refractivity contribution in [2.75, 3.05) is 0 Å². The zero-order valence-corrected chi connectivity index (χ0v) is 8.86. The smallest absolute Gasteiger partial charge is 0.220 e. The maximum Gasteiger partial charge on any atom is 0.220 e. The van der Waals surface area contributed by atoms with Gasteiger partial charge in [0, 0.05) is 19.9 Å². The Morgan fingerprint density at radius 3 is 2.73 bits per heavy atom. The maximum absolute atomic E-state index is 11.2. The van der Waals surface area contributed by atoms with Crippen molar-refractivity contribution in [3.63, 3.8) is 0 Å². The highest BCUT2D eigenvalue weighted by molar-refractivity contribution is 5.83. The second kappa shape index (κ2) is 5.23. The van der Waals surface area contributed by atoms with E-state index >= 15 is 0 Å². The van der Waals surface area contributed by atoms with E-state index in [9.17, 15) is 9.59 Å². The minimum absolute atomic E-state index is 0.0149. The van der Waals surface area contributed by atoms with E-state index in [2.05, 4.69) is 15.4 Å². The molecule has 6 heteroatoms. The van der Waals surface area contributed by atoms with E-state index in [0.29, 0.717) is 12.4 Å². The Balaban J connectivity index is 2.25. The highest BCUT2D eigenvalue weighted by Gasteiger charge is 2.04. The highest BCUT2D eigenvalue weighted by atomic mass is 16.2. The predicted octanol–water partition coefficient (Wildman–Crippen LogP) is -0.200. The van der Waals surface area contributed by atoms with Gasteiger partial charge in [0.25, 0.3) is 0 Å². The van der Waals surface area contributed by atoms with Gasteiger partial charge in [-0.15, -0.1) is 0 Å². The molecule has 0 aliphatic heterocycles. The third-order valence-corrected chi connectivity index (χ3v) is 1.79. The minimum atomic E-state index is -0.155. The second-order valence-electron chi connectivity index (χ2n) is 3.31. The van der Waals surface area contributed by atoms with Crippen LogP contribution in [-0.2, 0) is 23.2 Å². The molecule has 1 rings (SSSR count). The topological polar surface area (TPSA) is 76.9 Å². The van der Waals surface area contributed by atoms with Crippen molar-refractivity contribution in [2.45, 2.75) is 26.3 Å². The molecule has 0 aromatic carbocycles. The standard InChI is InChI=1S/C9H14N4O2/c1-7(14)3-4-9(15)10-5-8-11-6-13(2)12-8/h6H,3-5H2,1-2H3,(H,10,15). The van der Waals surface area contributed by atoms with Crippen LogP contribution in [0, 0.1) is 0 Å². The summed E-state index contributed by atoms with van der Waals surface area (Å²) in [5, 5.41) is 6.64. The van der Waals surface area contributed by atoms with Crippen molar-refractivity contribution < 1.29 is 9.59 Å². The van der Waals surface area contributed by atoms with Crippen molar-refractivity contribution in [3.05, 3.63) is 12.2 Å². The fraction of sp³-hybridized carbons (Fsp3) is 0.556. The summed E-state index contributed by atoms with van der Waals surface area (Å²) in [6.07, 6.45) is 2.07. The fourth-order valence-electron chi connectivity index (χ4n) is 1.02. The lowest BCUT2D eigenvalue weighted by atomic mass is 10.2. The Morgan fingerprint density at radius 2 is 2.20 bits per heavy atom. The fourth-order valence-corrected chi connectivity index (χ4v) is 1.02. The molecule has 6 nitrogen and oxygen atoms in total. The Hall–Kier alpha value is -1.72. The van der Waals surface area contributed by atoms with Gasteiger partial charge in [0.2, 0.25) is 5.91 Å². The lowest BCUT2D eigenvalue weighted by Gasteiger charge is -2.00. The molecule has 1 heterocycles. The number of hydrogen-bond donors (Lipinski definition) is 1. The molecule has 15 heavy (non-hydrogen) atoms. The molecule has 0 spiro atoms. The average Bonchev–Trinajstić information content (AvgIpc) is 2.58. The van der Waals surface area contributed by atoms with Crippen molar-refractivity contribution in [1.82, 2.24) is 20.1 Å². The van der Waals surface area contributed by atoms with E-state index in [4.69, 9.17) is 0 Å². The molecular weight excluding hydrogens is 196 g/mol. The zero-order valence-electron chi connectivity index (χ0n) is 8.86. The van der Waals surface area contributed by atoms with E-state index in [1.54, 1.807) is 18.1 Å². The molecule has 1 N–H and O–H groups in total. The van der Waals surface area contributed by atoms with Gasteiger partial charge >= 0.3 is 0 Å². The SMILES string of the molecule is CC(=O)CCC(=O)NCc1ncn(C)n1. The van der Waals surface area contributed by atoms with Gasteiger partial charge < -0.3 is 10.1 Å². The number of nitrogens with zero attached hydrogens (tertiary/aromatic N) is 3. The summed E-state index contributed by atoms with van der Waals surface area (Å²) in [6, 6.07) is 0. The third kappa shape index (κ3) is 4.35. The molecule has 1 amide bonds. The van der Waals surface area contributed by atoms with Crippen molar-refractivity contribution in [3.8, 4) is 0 Å². The summed E-state index contributed by atoms with van der Waals surface area (Å²) >= 11 is 0. The first-order chi connectivity index (χ1) is 7.08. The van der Waals surface area contributed by atoms with E-state index in [0.717, 1.165) is 0 Å². The Kier molecular flexibility index (Phi) is 3.96. The number of nitrogens with one attached hydrogen (secondary N) is 1. The minimum Gasteiger partial charge on any atom is -0.349 e. The van der Waals surface area contributed by atoms with E-state index in [1.165, 1.54) is 6.92 Å². The number of carbonyl (C=O) groups excluding carboxylic acids is 2. The second-order valence-corrected chi connectivity index (χ2v) is 3.31. The van der Waals surface area contributed by atoms with Crippen LogP contribution in [0.25, 0.3) is 0 Å². The van der Waals surface area contributed by atoms with E-state index < -0.39 is 0 Å². The largest absolute Gasteiger partial charge is 0.349 e. The molecule has 1 aromatic rings. The van der Waals surface area contributed by atoms with Crippen molar-refractivity contribution in [1.29, 1.82) is 0 Å². The first-order valence-electron chi connectivity index (χ1n) is 4.68. The van der Waals surface area contributed by atoms with Gasteiger partial charge in [-0.2, -0.15) is 5.10 Å². The predicted molar refractivity (Wildman–Crippen MR) is 52.8 cm³/mol. The number of ketones is 1. The van der Waals surface area contributed by atoms with E-state index in [1.807, 2.05) is 0 Å². The number of aryl methyl sites for hydroxylation is 1. The number of aromatic nitrogens is 3. The Labute approximate surface area is 87.7 Å². The van der Waals surface area contributed by atoms with Gasteiger partial charge in [0.1, 0.15) is 12.1 Å². The van der Waals surface area contributed by atoms with Crippen molar-refractivity contribution in [2.24, 2.45) is 7.05 Å². The molecule has 0 unspecified atom stereocenters. The number of carbonyl (C=O) groups is 2. The van der Waals surface area contributed by atoms with Crippen LogP contribution in [0.15, 0.2) is 6.33 Å². The first-order valence-corrected chi connectivity index (χ1v) is 4.68. The van der Waals surface area contributed by atoms with Crippen LogP contribution in [0.1, 0.15) is 25.6 Å². The molecule has 0 bridgehead atoms. The number of rotatable bonds is 5. The quantitative estimate of drug-likeness (QED) is 0.730. The summed E-state index contributed by atoms with van der Waals surface area (Å²) < 4.78 is 1.57. The normalized spacial score (nSPS) is 10.0. The van der Waals surface area contributed by atoms with Crippen LogP contribution in [0.3, 0.4) is 0 Å². The van der Waals surface area contributed by atoms with Crippen LogP contribution in [0.2, 0.25) is 0 Å². The molecule has 0 saturated carbocycles. The molecule has 0 atom stereocenters. The summed E-state index contributed by atoms with van der Waals surface area (Å²) in [5.74, 6) is 0.424. The summed E-state index contributed by atoms with van der Waals surface area (Å²) in [5.41, 5.74) is 0. The Morgan fingerprint density at radius 1 is 1.47 bits per heavy atom. The zero-order chi connectivity index (χ0) is 11.3. The molecule has 82 valence electrons. The highest BCUT2D eigenvalue weighted by Crippen LogP contribution is 1.92. The molecule has 0 radical (unpaired) electrons. The van der Waals surface area contributed by atoms with E-state index in [-0.39, 0.29) is 24.5 Å². The first kappa shape index (κ1) is 11.4. The van der Waals surface area contributed by atoms with Gasteiger partial charge in [0.15, 0.2) is 5.82 Å².